The van der Waals surface area contributed by atoms with E-state index >= 15 is 0 Å². The van der Waals surface area contributed by atoms with Gasteiger partial charge in [-0.15, -0.1) is 0 Å². The molecule has 11 heavy (non-hydrogen) atoms. The van der Waals surface area contributed by atoms with Crippen molar-refractivity contribution in [3.8, 4) is 0 Å². The van der Waals surface area contributed by atoms with Gasteiger partial charge in [0.2, 0.25) is 0 Å². The van der Waals surface area contributed by atoms with Gasteiger partial charge in [-0.3, -0.25) is 0 Å². The summed E-state index contributed by atoms with van der Waals surface area (Å²) in [6.07, 6.45) is 0.181. The van der Waals surface area contributed by atoms with Gasteiger partial charge in [-0.25, -0.2) is 4.79 Å². The van der Waals surface area contributed by atoms with Gasteiger partial charge in [-0.1, -0.05) is 0 Å². The Hall–Kier alpha value is -0.770. The van der Waals surface area contributed by atoms with E-state index in [2.05, 4.69) is 0 Å². The number of hydrogen-bond acceptors (Lipinski definition) is 3. The van der Waals surface area contributed by atoms with Crippen LogP contribution in [0.3, 0.4) is 0 Å². The minimum atomic E-state index is -0.258. The van der Waals surface area contributed by atoms with E-state index in [4.69, 9.17) is 9.84 Å². The average molecular weight is 159 g/mol. The van der Waals surface area contributed by atoms with Gasteiger partial charge in [-0.05, 0) is 6.92 Å². The number of hydrogen-bond donors (Lipinski definition) is 1. The van der Waals surface area contributed by atoms with E-state index in [9.17, 15) is 4.79 Å². The molecule has 1 N–H and O–H groups in total. The second-order valence-electron chi connectivity index (χ2n) is 2.56. The highest BCUT2D eigenvalue weighted by atomic mass is 16.6. The van der Waals surface area contributed by atoms with Crippen LogP contribution in [0, 0.1) is 0 Å². The molecular weight excluding hydrogens is 146 g/mol. The summed E-state index contributed by atoms with van der Waals surface area (Å²) < 4.78 is 4.93. The van der Waals surface area contributed by atoms with Crippen molar-refractivity contribution in [1.82, 2.24) is 4.90 Å². The maximum absolute atomic E-state index is 10.9. The number of amides is 1. The Morgan fingerprint density at radius 1 is 1.82 bits per heavy atom. The third kappa shape index (κ3) is 1.83. The Labute approximate surface area is 65.8 Å². The number of cyclic esters (lactones) is 1. The first kappa shape index (κ1) is 8.33. The molecule has 0 aromatic heterocycles. The molecule has 1 unspecified atom stereocenters. The van der Waals surface area contributed by atoms with Crippen LogP contribution in [0.2, 0.25) is 0 Å². The Balaban J connectivity index is 2.36. The van der Waals surface area contributed by atoms with Crippen molar-refractivity contribution in [3.63, 3.8) is 0 Å². The lowest BCUT2D eigenvalue weighted by Gasteiger charge is -2.07. The average Bonchev–Trinajstić information content (AvgIpc) is 2.32. The molecule has 64 valence electrons. The molecule has 0 aromatic carbocycles. The van der Waals surface area contributed by atoms with Crippen molar-refractivity contribution in [2.75, 3.05) is 19.7 Å². The number of aliphatic hydroxyl groups excluding tert-OH is 1. The van der Waals surface area contributed by atoms with Crippen LogP contribution in [0.15, 0.2) is 0 Å². The van der Waals surface area contributed by atoms with Crippen LogP contribution in [0.4, 0.5) is 4.79 Å². The van der Waals surface area contributed by atoms with Crippen LogP contribution >= 0.6 is 0 Å². The third-order valence-corrected chi connectivity index (χ3v) is 1.78. The fourth-order valence-electron chi connectivity index (χ4n) is 1.13. The van der Waals surface area contributed by atoms with Gasteiger partial charge in [0.1, 0.15) is 6.10 Å². The maximum Gasteiger partial charge on any atom is 0.410 e. The first-order chi connectivity index (χ1) is 5.27. The number of carbonyl (C=O) groups excluding carboxylic acids is 1. The molecule has 0 radical (unpaired) electrons. The molecule has 0 spiro atoms. The molecule has 1 heterocycles. The molecule has 1 saturated heterocycles. The number of ether oxygens (including phenoxy) is 1. The monoisotopic (exact) mass is 159 g/mol. The zero-order valence-corrected chi connectivity index (χ0v) is 6.62. The van der Waals surface area contributed by atoms with Crippen LogP contribution in [-0.4, -0.2) is 41.9 Å². The highest BCUT2D eigenvalue weighted by molar-refractivity contribution is 5.69. The molecule has 1 aliphatic heterocycles. The quantitative estimate of drug-likeness (QED) is 0.640. The van der Waals surface area contributed by atoms with Gasteiger partial charge in [0.25, 0.3) is 0 Å². The summed E-state index contributed by atoms with van der Waals surface area (Å²) in [6, 6.07) is 0. The fourth-order valence-corrected chi connectivity index (χ4v) is 1.13. The van der Waals surface area contributed by atoms with Crippen LogP contribution in [0.5, 0.6) is 0 Å². The van der Waals surface area contributed by atoms with E-state index < -0.39 is 0 Å². The molecule has 0 bridgehead atoms. The molecule has 0 aliphatic carbocycles. The largest absolute Gasteiger partial charge is 0.444 e. The van der Waals surface area contributed by atoms with Crippen LogP contribution in [0.25, 0.3) is 0 Å². The van der Waals surface area contributed by atoms with Crippen molar-refractivity contribution >= 4 is 6.09 Å². The van der Waals surface area contributed by atoms with Gasteiger partial charge in [0, 0.05) is 19.6 Å². The van der Waals surface area contributed by atoms with E-state index in [1.54, 1.807) is 4.90 Å². The maximum atomic E-state index is 10.9. The van der Waals surface area contributed by atoms with Crippen molar-refractivity contribution < 1.29 is 14.6 Å². The number of carbonyl (C=O) groups is 1. The summed E-state index contributed by atoms with van der Waals surface area (Å²) in [5.41, 5.74) is 0. The van der Waals surface area contributed by atoms with Crippen molar-refractivity contribution in [2.24, 2.45) is 0 Å². The summed E-state index contributed by atoms with van der Waals surface area (Å²) >= 11 is 0. The highest BCUT2D eigenvalue weighted by Gasteiger charge is 2.28. The Bertz CT molecular complexity index is 149. The second-order valence-corrected chi connectivity index (χ2v) is 2.56. The zero-order valence-electron chi connectivity index (χ0n) is 6.62. The van der Waals surface area contributed by atoms with Crippen LogP contribution in [0.1, 0.15) is 13.3 Å². The summed E-state index contributed by atoms with van der Waals surface area (Å²) in [4.78, 5) is 12.5. The summed E-state index contributed by atoms with van der Waals surface area (Å²) in [5, 5.41) is 8.56. The van der Waals surface area contributed by atoms with Gasteiger partial charge in [-0.2, -0.15) is 0 Å². The van der Waals surface area contributed by atoms with E-state index in [-0.39, 0.29) is 18.8 Å². The van der Waals surface area contributed by atoms with Gasteiger partial charge >= 0.3 is 6.09 Å². The second kappa shape index (κ2) is 3.57. The normalized spacial score (nSPS) is 24.0. The zero-order chi connectivity index (χ0) is 8.27. The molecule has 1 amide bonds. The van der Waals surface area contributed by atoms with Crippen molar-refractivity contribution in [3.05, 3.63) is 0 Å². The lowest BCUT2D eigenvalue weighted by atomic mass is 10.2. The van der Waals surface area contributed by atoms with E-state index in [0.29, 0.717) is 19.5 Å². The minimum Gasteiger partial charge on any atom is -0.444 e. The molecule has 1 atom stereocenters. The summed E-state index contributed by atoms with van der Waals surface area (Å²) in [7, 11) is 0. The van der Waals surface area contributed by atoms with Crippen molar-refractivity contribution in [2.45, 2.75) is 19.4 Å². The molecule has 1 aliphatic rings. The Kier molecular flexibility index (Phi) is 2.70. The lowest BCUT2D eigenvalue weighted by molar-refractivity contribution is 0.117. The van der Waals surface area contributed by atoms with Crippen LogP contribution < -0.4 is 0 Å². The number of rotatable bonds is 3. The Morgan fingerprint density at radius 2 is 2.55 bits per heavy atom. The first-order valence-corrected chi connectivity index (χ1v) is 3.84. The molecule has 4 nitrogen and oxygen atoms in total. The lowest BCUT2D eigenvalue weighted by Crippen LogP contribution is -2.24. The molecule has 0 aromatic rings. The highest BCUT2D eigenvalue weighted by Crippen LogP contribution is 2.12. The molecule has 1 fully saturated rings. The Morgan fingerprint density at radius 3 is 3.00 bits per heavy atom. The predicted octanol–water partition coefficient (Wildman–Crippen LogP) is 0.210. The van der Waals surface area contributed by atoms with Crippen molar-refractivity contribution in [1.29, 1.82) is 0 Å². The molecule has 4 heteroatoms. The molecule has 0 saturated carbocycles. The smallest absolute Gasteiger partial charge is 0.410 e. The SMILES string of the molecule is CCN1CC(CCO)OC1=O. The van der Waals surface area contributed by atoms with Gasteiger partial charge < -0.3 is 14.7 Å². The standard InChI is InChI=1S/C7H13NO3/c1-2-8-5-6(3-4-9)11-7(8)10/h6,9H,2-5H2,1H3. The fraction of sp³-hybridized carbons (Fsp3) is 0.857. The number of nitrogens with zero attached hydrogens (tertiary/aromatic N) is 1. The van der Waals surface area contributed by atoms with E-state index in [1.165, 1.54) is 0 Å². The van der Waals surface area contributed by atoms with Gasteiger partial charge in [0.05, 0.1) is 6.54 Å². The van der Waals surface area contributed by atoms with E-state index in [1.807, 2.05) is 6.92 Å². The molecule has 1 rings (SSSR count). The third-order valence-electron chi connectivity index (χ3n) is 1.78. The summed E-state index contributed by atoms with van der Waals surface area (Å²) in [6.45, 7) is 3.29. The first-order valence-electron chi connectivity index (χ1n) is 3.84. The van der Waals surface area contributed by atoms with Gasteiger partial charge in [0.15, 0.2) is 0 Å². The number of likely N-dealkylation sites (N-methyl/N-ethyl adjacent to an activating group) is 1. The summed E-state index contributed by atoms with van der Waals surface area (Å²) in [5.74, 6) is 0. The number of aliphatic hydroxyl groups is 1. The van der Waals surface area contributed by atoms with Crippen LogP contribution in [-0.2, 0) is 4.74 Å². The topological polar surface area (TPSA) is 49.8 Å². The molecular formula is C7H13NO3. The minimum absolute atomic E-state index is 0.0789. The predicted molar refractivity (Wildman–Crippen MR) is 39.2 cm³/mol. The van der Waals surface area contributed by atoms with E-state index in [0.717, 1.165) is 0 Å².